The highest BCUT2D eigenvalue weighted by molar-refractivity contribution is 8.00. The van der Waals surface area contributed by atoms with Gasteiger partial charge in [0.05, 0.1) is 23.1 Å². The number of nitrogens with one attached hydrogen (secondary N) is 1. The SMILES string of the molecule is C=C(O)/C(=C/C)CC(=O)[C@@H](CSC(c1ccccc1)(c1ccccc1)c1ccccc1)NC(=O)[C@H](CC(=O)OCC1c2ccccc2-c2ccccc21)C(C)C. The second-order valence-corrected chi connectivity index (χ2v) is 15.8. The number of amides is 1. The van der Waals surface area contributed by atoms with Gasteiger partial charge >= 0.3 is 5.97 Å². The highest BCUT2D eigenvalue weighted by Gasteiger charge is 2.39. The number of carbonyl (C=O) groups excluding carboxylic acids is 3. The number of esters is 1. The first kappa shape index (κ1) is 40.0. The van der Waals surface area contributed by atoms with Crippen LogP contribution in [0.15, 0.2) is 164 Å². The summed E-state index contributed by atoms with van der Waals surface area (Å²) >= 11 is 1.56. The lowest BCUT2D eigenvalue weighted by molar-refractivity contribution is -0.148. The zero-order valence-electron chi connectivity index (χ0n) is 32.2. The molecule has 0 heterocycles. The van der Waals surface area contributed by atoms with Gasteiger partial charge < -0.3 is 15.2 Å². The molecule has 0 spiro atoms. The molecule has 2 N–H and O–H groups in total. The van der Waals surface area contributed by atoms with Gasteiger partial charge in [-0.25, -0.2) is 0 Å². The minimum absolute atomic E-state index is 0.0992. The van der Waals surface area contributed by atoms with Gasteiger partial charge in [0.25, 0.3) is 0 Å². The van der Waals surface area contributed by atoms with Crippen molar-refractivity contribution in [2.75, 3.05) is 12.4 Å². The minimum Gasteiger partial charge on any atom is -0.508 e. The summed E-state index contributed by atoms with van der Waals surface area (Å²) < 4.78 is 5.18. The number of Topliss-reactive ketones (excluding diaryl/α,β-unsaturated/α-hetero) is 1. The molecule has 0 fully saturated rings. The van der Waals surface area contributed by atoms with Crippen LogP contribution in [0.4, 0.5) is 0 Å². The van der Waals surface area contributed by atoms with Gasteiger partial charge in [-0.3, -0.25) is 14.4 Å². The number of allylic oxidation sites excluding steroid dienone is 2. The lowest BCUT2D eigenvalue weighted by Crippen LogP contribution is -2.47. The Bertz CT molecular complexity index is 2040. The van der Waals surface area contributed by atoms with Gasteiger partial charge in [0, 0.05) is 18.1 Å². The number of fused-ring (bicyclic) bond motifs is 3. The van der Waals surface area contributed by atoms with Crippen molar-refractivity contribution in [3.8, 4) is 11.1 Å². The third kappa shape index (κ3) is 8.74. The third-order valence-electron chi connectivity index (χ3n) is 10.7. The van der Waals surface area contributed by atoms with Crippen molar-refractivity contribution in [2.24, 2.45) is 11.8 Å². The molecule has 1 amide bonds. The predicted molar refractivity (Wildman–Crippen MR) is 226 cm³/mol. The summed E-state index contributed by atoms with van der Waals surface area (Å²) in [5.74, 6) is -2.21. The first-order valence-electron chi connectivity index (χ1n) is 19.1. The molecule has 0 radical (unpaired) electrons. The van der Waals surface area contributed by atoms with E-state index in [0.29, 0.717) is 5.57 Å². The van der Waals surface area contributed by atoms with Gasteiger partial charge in [-0.05, 0) is 57.4 Å². The van der Waals surface area contributed by atoms with Crippen molar-refractivity contribution in [3.05, 3.63) is 191 Å². The van der Waals surface area contributed by atoms with E-state index in [9.17, 15) is 19.5 Å². The molecule has 1 aliphatic carbocycles. The molecule has 6 rings (SSSR count). The summed E-state index contributed by atoms with van der Waals surface area (Å²) in [7, 11) is 0. The number of hydrogen-bond acceptors (Lipinski definition) is 6. The van der Waals surface area contributed by atoms with E-state index in [1.807, 2.05) is 92.7 Å². The molecule has 7 heteroatoms. The Kier molecular flexibility index (Phi) is 13.1. The number of carbonyl (C=O) groups is 3. The number of benzene rings is 5. The van der Waals surface area contributed by atoms with E-state index in [1.165, 1.54) is 0 Å². The summed E-state index contributed by atoms with van der Waals surface area (Å²) in [4.78, 5) is 42.0. The summed E-state index contributed by atoms with van der Waals surface area (Å²) in [6, 6.07) is 45.8. The largest absolute Gasteiger partial charge is 0.508 e. The van der Waals surface area contributed by atoms with Crippen LogP contribution in [0, 0.1) is 11.8 Å². The average Bonchev–Trinajstić information content (AvgIpc) is 3.55. The maximum Gasteiger partial charge on any atom is 0.306 e. The molecular weight excluding hydrogens is 715 g/mol. The van der Waals surface area contributed by atoms with Gasteiger partial charge in [0.1, 0.15) is 12.4 Å². The number of hydrogen-bond donors (Lipinski definition) is 2. The van der Waals surface area contributed by atoms with Crippen LogP contribution in [0.1, 0.15) is 67.3 Å². The Morgan fingerprint density at radius 1 is 0.768 bits per heavy atom. The molecule has 2 atom stereocenters. The second kappa shape index (κ2) is 18.3. The standard InChI is InChI=1S/C49H49NO5S/c1-5-35(34(4)51)29-46(52)45(32-56-49(36-19-9-6-10-20-36,37-21-11-7-12-22-37)38-23-13-8-14-24-38)50-48(54)43(33(2)3)30-47(53)55-31-44-41-27-17-15-25-39(41)40-26-16-18-28-42(40)44/h5-28,33,43-45,51H,4,29-32H2,1-3H3,(H,50,54)/b35-5+/t43-,45-/m1/s1. The van der Waals surface area contributed by atoms with Crippen LogP contribution in [-0.4, -0.2) is 41.2 Å². The number of aliphatic hydroxyl groups is 1. The highest BCUT2D eigenvalue weighted by atomic mass is 32.2. The van der Waals surface area contributed by atoms with Crippen LogP contribution in [0.2, 0.25) is 0 Å². The molecule has 0 saturated carbocycles. The van der Waals surface area contributed by atoms with Crippen molar-refractivity contribution in [3.63, 3.8) is 0 Å². The lowest BCUT2D eigenvalue weighted by atomic mass is 9.84. The van der Waals surface area contributed by atoms with Crippen LogP contribution >= 0.6 is 11.8 Å². The predicted octanol–water partition coefficient (Wildman–Crippen LogP) is 10.2. The molecule has 56 heavy (non-hydrogen) atoms. The Hall–Kier alpha value is -5.66. The van der Waals surface area contributed by atoms with Crippen LogP contribution in [0.5, 0.6) is 0 Å². The Labute approximate surface area is 334 Å². The maximum absolute atomic E-state index is 14.3. The molecule has 0 bridgehead atoms. The highest BCUT2D eigenvalue weighted by Crippen LogP contribution is 2.49. The monoisotopic (exact) mass is 763 g/mol. The van der Waals surface area contributed by atoms with E-state index in [0.717, 1.165) is 38.9 Å². The smallest absolute Gasteiger partial charge is 0.306 e. The fourth-order valence-electron chi connectivity index (χ4n) is 7.64. The first-order chi connectivity index (χ1) is 27.1. The van der Waals surface area contributed by atoms with E-state index >= 15 is 0 Å². The van der Waals surface area contributed by atoms with Gasteiger partial charge in [-0.15, -0.1) is 11.8 Å². The summed E-state index contributed by atoms with van der Waals surface area (Å²) in [5, 5.41) is 13.3. The molecule has 0 aliphatic heterocycles. The quantitative estimate of drug-likeness (QED) is 0.0424. The number of aliphatic hydroxyl groups excluding tert-OH is 1. The van der Waals surface area contributed by atoms with Crippen molar-refractivity contribution in [1.29, 1.82) is 0 Å². The molecule has 5 aromatic rings. The zero-order chi connectivity index (χ0) is 39.7. The number of thioether (sulfide) groups is 1. The van der Waals surface area contributed by atoms with E-state index in [1.54, 1.807) is 24.8 Å². The molecule has 5 aromatic carbocycles. The van der Waals surface area contributed by atoms with Crippen molar-refractivity contribution >= 4 is 29.4 Å². The Morgan fingerprint density at radius 2 is 1.23 bits per heavy atom. The van der Waals surface area contributed by atoms with Gasteiger partial charge in [0.15, 0.2) is 5.78 Å². The van der Waals surface area contributed by atoms with E-state index in [-0.39, 0.29) is 48.6 Å². The van der Waals surface area contributed by atoms with Gasteiger partial charge in [-0.1, -0.05) is 166 Å². The van der Waals surface area contributed by atoms with E-state index < -0.39 is 28.6 Å². The molecule has 6 nitrogen and oxygen atoms in total. The fourth-order valence-corrected chi connectivity index (χ4v) is 9.23. The molecular formula is C49H49NO5S. The number of rotatable bonds is 17. The molecule has 0 unspecified atom stereocenters. The Morgan fingerprint density at radius 3 is 1.68 bits per heavy atom. The fraction of sp³-hybridized carbons (Fsp3) is 0.245. The number of ether oxygens (including phenoxy) is 1. The third-order valence-corrected chi connectivity index (χ3v) is 12.3. The van der Waals surface area contributed by atoms with Crippen LogP contribution in [0.3, 0.4) is 0 Å². The Balaban J connectivity index is 1.25. The molecule has 1 aliphatic rings. The number of ketones is 1. The van der Waals surface area contributed by atoms with Gasteiger partial charge in [-0.2, -0.15) is 0 Å². The average molecular weight is 764 g/mol. The van der Waals surface area contributed by atoms with Crippen LogP contribution in [-0.2, 0) is 23.9 Å². The first-order valence-corrected chi connectivity index (χ1v) is 20.1. The molecule has 0 aromatic heterocycles. The second-order valence-electron chi connectivity index (χ2n) is 14.5. The molecule has 286 valence electrons. The van der Waals surface area contributed by atoms with Gasteiger partial charge in [0.2, 0.25) is 5.91 Å². The van der Waals surface area contributed by atoms with Crippen LogP contribution < -0.4 is 5.32 Å². The summed E-state index contributed by atoms with van der Waals surface area (Å²) in [5.41, 5.74) is 7.95. The van der Waals surface area contributed by atoms with Crippen LogP contribution in [0.25, 0.3) is 11.1 Å². The molecule has 0 saturated heterocycles. The zero-order valence-corrected chi connectivity index (χ0v) is 33.0. The normalized spacial score (nSPS) is 13.7. The van der Waals surface area contributed by atoms with Crippen molar-refractivity contribution in [1.82, 2.24) is 5.32 Å². The minimum atomic E-state index is -0.957. The van der Waals surface area contributed by atoms with Crippen molar-refractivity contribution in [2.45, 2.75) is 50.3 Å². The van der Waals surface area contributed by atoms with E-state index in [2.05, 4.69) is 72.6 Å². The summed E-state index contributed by atoms with van der Waals surface area (Å²) in [6.07, 6.45) is 1.40. The summed E-state index contributed by atoms with van der Waals surface area (Å²) in [6.45, 7) is 9.34. The topological polar surface area (TPSA) is 92.7 Å². The van der Waals surface area contributed by atoms with E-state index in [4.69, 9.17) is 4.74 Å². The van der Waals surface area contributed by atoms with Crippen molar-refractivity contribution < 1.29 is 24.2 Å². The lowest BCUT2D eigenvalue weighted by Gasteiger charge is -2.36. The maximum atomic E-state index is 14.3.